The van der Waals surface area contributed by atoms with Gasteiger partial charge in [-0.2, -0.15) is 13.5 Å². The maximum atomic E-state index is 14.1. The number of anilines is 3. The Bertz CT molecular complexity index is 1120. The zero-order chi connectivity index (χ0) is 21.1. The standard InChI is InChI=1S/C22H21F2N5O.CH4.2H2O.H2S/c23-16-2-1-3-17(24)21(16)28-18-8-9-27-22(30)19(18)20(25)14-4-6-15(7-5-14)29-12-10-26-11-13-29;;;;/h1-9,25-26H,10-13H2,(H2,27,28,30);1H4;3*1H2. The van der Waals surface area contributed by atoms with Crippen LogP contribution in [0.4, 0.5) is 25.8 Å². The van der Waals surface area contributed by atoms with Gasteiger partial charge in [-0.15, -0.1) is 0 Å². The van der Waals surface area contributed by atoms with Gasteiger partial charge in [0, 0.05) is 43.6 Å². The van der Waals surface area contributed by atoms with Crippen LogP contribution in [0.2, 0.25) is 0 Å². The van der Waals surface area contributed by atoms with Crippen molar-refractivity contribution >= 4 is 36.3 Å². The number of aromatic amines is 1. The highest BCUT2D eigenvalue weighted by Crippen LogP contribution is 2.26. The largest absolute Gasteiger partial charge is 0.412 e. The van der Waals surface area contributed by atoms with Gasteiger partial charge in [-0.1, -0.05) is 25.6 Å². The molecule has 186 valence electrons. The predicted molar refractivity (Wildman–Crippen MR) is 138 cm³/mol. The van der Waals surface area contributed by atoms with Gasteiger partial charge < -0.3 is 31.5 Å². The van der Waals surface area contributed by atoms with E-state index in [1.807, 2.05) is 12.1 Å². The molecular formula is C23H31F2N5O3S. The molecule has 11 heteroatoms. The van der Waals surface area contributed by atoms with Gasteiger partial charge in [-0.25, -0.2) is 8.78 Å². The number of rotatable bonds is 5. The van der Waals surface area contributed by atoms with Gasteiger partial charge in [0.25, 0.3) is 5.56 Å². The third-order valence-corrected chi connectivity index (χ3v) is 5.07. The number of pyridine rings is 1. The van der Waals surface area contributed by atoms with Crippen LogP contribution in [0.3, 0.4) is 0 Å². The highest BCUT2D eigenvalue weighted by molar-refractivity contribution is 7.59. The molecule has 0 aliphatic carbocycles. The number of piperazine rings is 1. The molecule has 0 unspecified atom stereocenters. The van der Waals surface area contributed by atoms with Crippen molar-refractivity contribution in [2.45, 2.75) is 7.43 Å². The third kappa shape index (κ3) is 6.41. The van der Waals surface area contributed by atoms with Crippen LogP contribution in [-0.2, 0) is 0 Å². The molecule has 0 radical (unpaired) electrons. The molecule has 1 aliphatic rings. The van der Waals surface area contributed by atoms with Crippen molar-refractivity contribution in [2.75, 3.05) is 36.4 Å². The first kappa shape index (κ1) is 30.8. The van der Waals surface area contributed by atoms with Gasteiger partial charge in [-0.05, 0) is 30.3 Å². The molecule has 3 aromatic rings. The average molecular weight is 496 g/mol. The van der Waals surface area contributed by atoms with Crippen LogP contribution in [0, 0.1) is 17.0 Å². The fraction of sp³-hybridized carbons (Fsp3) is 0.217. The Morgan fingerprint density at radius 1 is 0.971 bits per heavy atom. The summed E-state index contributed by atoms with van der Waals surface area (Å²) in [6.07, 6.45) is 1.37. The molecule has 8 N–H and O–H groups in total. The van der Waals surface area contributed by atoms with Crippen molar-refractivity contribution in [2.24, 2.45) is 0 Å². The Balaban J connectivity index is 0.00000272. The molecule has 4 rings (SSSR count). The summed E-state index contributed by atoms with van der Waals surface area (Å²) >= 11 is 0. The van der Waals surface area contributed by atoms with Crippen LogP contribution in [0.25, 0.3) is 0 Å². The summed E-state index contributed by atoms with van der Waals surface area (Å²) in [6, 6.07) is 12.4. The fourth-order valence-electron chi connectivity index (χ4n) is 3.49. The molecule has 0 bridgehead atoms. The van der Waals surface area contributed by atoms with Crippen molar-refractivity contribution in [1.82, 2.24) is 10.3 Å². The lowest BCUT2D eigenvalue weighted by molar-refractivity contribution is 0.589. The Labute approximate surface area is 203 Å². The predicted octanol–water partition coefficient (Wildman–Crippen LogP) is 2.32. The van der Waals surface area contributed by atoms with Crippen LogP contribution >= 0.6 is 13.5 Å². The van der Waals surface area contributed by atoms with Gasteiger partial charge >= 0.3 is 0 Å². The molecule has 1 fully saturated rings. The minimum absolute atomic E-state index is 0. The summed E-state index contributed by atoms with van der Waals surface area (Å²) in [4.78, 5) is 17.3. The number of halogens is 2. The molecule has 1 saturated heterocycles. The number of benzene rings is 2. The molecular weight excluding hydrogens is 464 g/mol. The summed E-state index contributed by atoms with van der Waals surface area (Å²) in [7, 11) is 0. The SMILES string of the molecule is C.N=C(c1ccc(N2CCNCC2)cc1)c1c(Nc2c(F)cccc2F)cc[nH]c1=O.O.O.S. The number of nitrogens with zero attached hydrogens (tertiary/aromatic N) is 1. The van der Waals surface area contributed by atoms with E-state index in [1.165, 1.54) is 18.3 Å². The molecule has 1 aliphatic heterocycles. The minimum atomic E-state index is -0.784. The lowest BCUT2D eigenvalue weighted by Gasteiger charge is -2.29. The molecule has 0 saturated carbocycles. The Morgan fingerprint density at radius 3 is 2.15 bits per heavy atom. The van der Waals surface area contributed by atoms with E-state index in [1.54, 1.807) is 12.1 Å². The second kappa shape index (κ2) is 13.5. The smallest absolute Gasteiger partial charge is 0.259 e. The van der Waals surface area contributed by atoms with Crippen LogP contribution in [-0.4, -0.2) is 47.8 Å². The van der Waals surface area contributed by atoms with E-state index in [2.05, 4.69) is 20.5 Å². The maximum absolute atomic E-state index is 14.1. The van der Waals surface area contributed by atoms with Crippen LogP contribution < -0.4 is 21.1 Å². The van der Waals surface area contributed by atoms with E-state index < -0.39 is 17.2 Å². The number of hydrogen-bond donors (Lipinski definition) is 4. The molecule has 2 heterocycles. The highest BCUT2D eigenvalue weighted by atomic mass is 32.1. The van der Waals surface area contributed by atoms with E-state index >= 15 is 0 Å². The lowest BCUT2D eigenvalue weighted by Crippen LogP contribution is -2.43. The number of aromatic nitrogens is 1. The summed E-state index contributed by atoms with van der Waals surface area (Å²) < 4.78 is 28.1. The van der Waals surface area contributed by atoms with E-state index in [0.29, 0.717) is 5.56 Å². The van der Waals surface area contributed by atoms with Crippen LogP contribution in [0.15, 0.2) is 59.5 Å². The van der Waals surface area contributed by atoms with Crippen molar-refractivity contribution < 1.29 is 19.7 Å². The second-order valence-corrected chi connectivity index (χ2v) is 6.98. The van der Waals surface area contributed by atoms with Gasteiger partial charge in [0.15, 0.2) is 0 Å². The Kier molecular flexibility index (Phi) is 12.2. The first-order valence-corrected chi connectivity index (χ1v) is 9.62. The monoisotopic (exact) mass is 495 g/mol. The van der Waals surface area contributed by atoms with Crippen LogP contribution in [0.5, 0.6) is 0 Å². The van der Waals surface area contributed by atoms with Crippen molar-refractivity contribution in [3.05, 3.63) is 87.8 Å². The molecule has 0 spiro atoms. The van der Waals surface area contributed by atoms with Crippen LogP contribution in [0.1, 0.15) is 18.6 Å². The Hall–Kier alpha value is -3.25. The van der Waals surface area contributed by atoms with Crippen molar-refractivity contribution in [1.29, 1.82) is 5.41 Å². The number of H-pyrrole nitrogens is 1. The third-order valence-electron chi connectivity index (χ3n) is 5.07. The molecule has 1 aromatic heterocycles. The van der Waals surface area contributed by atoms with E-state index in [4.69, 9.17) is 5.41 Å². The summed E-state index contributed by atoms with van der Waals surface area (Å²) in [6.45, 7) is 3.63. The lowest BCUT2D eigenvalue weighted by atomic mass is 10.0. The first-order chi connectivity index (χ1) is 14.5. The summed E-state index contributed by atoms with van der Waals surface area (Å²) in [5.74, 6) is -1.57. The average Bonchev–Trinajstić information content (AvgIpc) is 2.77. The molecule has 8 nitrogen and oxygen atoms in total. The number of hydrogen-bond acceptors (Lipinski definition) is 5. The zero-order valence-electron chi connectivity index (χ0n) is 17.6. The van der Waals surface area contributed by atoms with E-state index in [-0.39, 0.29) is 54.5 Å². The Morgan fingerprint density at radius 2 is 1.56 bits per heavy atom. The normalized spacial score (nSPS) is 12.2. The van der Waals surface area contributed by atoms with E-state index in [0.717, 1.165) is 44.0 Å². The second-order valence-electron chi connectivity index (χ2n) is 6.98. The molecule has 0 atom stereocenters. The van der Waals surface area contributed by atoms with Crippen molar-refractivity contribution in [3.63, 3.8) is 0 Å². The van der Waals surface area contributed by atoms with Gasteiger partial charge in [0.1, 0.15) is 17.3 Å². The molecule has 34 heavy (non-hydrogen) atoms. The quantitative estimate of drug-likeness (QED) is 0.402. The summed E-state index contributed by atoms with van der Waals surface area (Å²) in [5, 5.41) is 14.5. The van der Waals surface area contributed by atoms with Gasteiger partial charge in [0.2, 0.25) is 0 Å². The highest BCUT2D eigenvalue weighted by Gasteiger charge is 2.18. The zero-order valence-corrected chi connectivity index (χ0v) is 18.6. The molecule has 0 amide bonds. The maximum Gasteiger partial charge on any atom is 0.259 e. The van der Waals surface area contributed by atoms with Gasteiger partial charge in [-0.3, -0.25) is 10.2 Å². The fourth-order valence-corrected chi connectivity index (χ4v) is 3.49. The van der Waals surface area contributed by atoms with E-state index in [9.17, 15) is 13.6 Å². The van der Waals surface area contributed by atoms with Crippen molar-refractivity contribution in [3.8, 4) is 0 Å². The number of nitrogens with one attached hydrogen (secondary N) is 4. The minimum Gasteiger partial charge on any atom is -0.412 e. The molecule has 2 aromatic carbocycles. The number of para-hydroxylation sites is 1. The first-order valence-electron chi connectivity index (χ1n) is 9.62. The van der Waals surface area contributed by atoms with Gasteiger partial charge in [0.05, 0.1) is 17.0 Å². The topological polar surface area (TPSA) is 147 Å². The summed E-state index contributed by atoms with van der Waals surface area (Å²) in [5.41, 5.74) is 0.806.